The molecule has 3 aliphatic carbocycles. The van der Waals surface area contributed by atoms with E-state index < -0.39 is 0 Å². The van der Waals surface area contributed by atoms with Crippen molar-refractivity contribution in [3.05, 3.63) is 47.6 Å². The largest absolute Gasteiger partial charge is 0.393 e. The molecule has 1 heteroatoms. The molecule has 3 saturated carbocycles. The van der Waals surface area contributed by atoms with Crippen LogP contribution in [0, 0.1) is 29.1 Å². The van der Waals surface area contributed by atoms with Gasteiger partial charge in [0.2, 0.25) is 0 Å². The van der Waals surface area contributed by atoms with Gasteiger partial charge in [-0.2, -0.15) is 0 Å². The van der Waals surface area contributed by atoms with Gasteiger partial charge in [-0.25, -0.2) is 0 Å². The van der Waals surface area contributed by atoms with Gasteiger partial charge >= 0.3 is 0 Å². The second-order valence-electron chi connectivity index (χ2n) is 10.4. The maximum atomic E-state index is 10.0. The van der Waals surface area contributed by atoms with Crippen LogP contribution in [-0.4, -0.2) is 11.2 Å². The molecule has 5 atom stereocenters. The summed E-state index contributed by atoms with van der Waals surface area (Å²) in [6, 6.07) is 0. The summed E-state index contributed by atoms with van der Waals surface area (Å²) in [7, 11) is 0. The molecular formula is C27H42O. The lowest BCUT2D eigenvalue weighted by Gasteiger charge is -2.44. The summed E-state index contributed by atoms with van der Waals surface area (Å²) >= 11 is 0. The quantitative estimate of drug-likeness (QED) is 0.491. The number of allylic oxidation sites excluding steroid dienone is 6. The Kier molecular flexibility index (Phi) is 7.07. The van der Waals surface area contributed by atoms with E-state index in [0.29, 0.717) is 11.3 Å². The Hall–Kier alpha value is -1.08. The third kappa shape index (κ3) is 4.73. The Bertz CT molecular complexity index is 649. The lowest BCUT2D eigenvalue weighted by atomic mass is 9.61. The average molecular weight is 383 g/mol. The minimum Gasteiger partial charge on any atom is -0.393 e. The SMILES string of the molecule is C=C1CCC(O)CC1=CC=C1CCCC2(C)C1CCC2C(C)C=CCC(C)C. The minimum absolute atomic E-state index is 0.180. The molecular weight excluding hydrogens is 340 g/mol. The molecule has 0 bridgehead atoms. The maximum Gasteiger partial charge on any atom is 0.0583 e. The summed E-state index contributed by atoms with van der Waals surface area (Å²) in [5.74, 6) is 2.98. The molecule has 0 aliphatic heterocycles. The second-order valence-corrected chi connectivity index (χ2v) is 10.4. The topological polar surface area (TPSA) is 20.2 Å². The number of fused-ring (bicyclic) bond motifs is 1. The molecule has 0 heterocycles. The maximum absolute atomic E-state index is 10.0. The zero-order chi connectivity index (χ0) is 20.3. The van der Waals surface area contributed by atoms with Crippen LogP contribution in [-0.2, 0) is 0 Å². The highest BCUT2D eigenvalue weighted by Gasteiger charge is 2.50. The van der Waals surface area contributed by atoms with Crippen molar-refractivity contribution in [2.75, 3.05) is 0 Å². The molecule has 28 heavy (non-hydrogen) atoms. The zero-order valence-corrected chi connectivity index (χ0v) is 18.7. The molecule has 0 saturated heterocycles. The Balaban J connectivity index is 1.74. The molecule has 0 aromatic heterocycles. The van der Waals surface area contributed by atoms with Gasteiger partial charge in [0.1, 0.15) is 0 Å². The summed E-state index contributed by atoms with van der Waals surface area (Å²) in [6.07, 6.45) is 19.9. The summed E-state index contributed by atoms with van der Waals surface area (Å²) in [5.41, 5.74) is 4.62. The van der Waals surface area contributed by atoms with Crippen LogP contribution in [0.15, 0.2) is 47.6 Å². The van der Waals surface area contributed by atoms with Gasteiger partial charge in [0, 0.05) is 0 Å². The normalized spacial score (nSPS) is 37.9. The van der Waals surface area contributed by atoms with Crippen molar-refractivity contribution in [2.24, 2.45) is 29.1 Å². The van der Waals surface area contributed by atoms with Crippen LogP contribution >= 0.6 is 0 Å². The third-order valence-corrected chi connectivity index (χ3v) is 7.91. The molecule has 3 aliphatic rings. The highest BCUT2D eigenvalue weighted by atomic mass is 16.3. The van der Waals surface area contributed by atoms with E-state index in [4.69, 9.17) is 0 Å². The zero-order valence-electron chi connectivity index (χ0n) is 18.7. The molecule has 0 aromatic carbocycles. The van der Waals surface area contributed by atoms with E-state index in [1.165, 1.54) is 49.7 Å². The van der Waals surface area contributed by atoms with Crippen LogP contribution in [0.5, 0.6) is 0 Å². The van der Waals surface area contributed by atoms with Crippen LogP contribution in [0.4, 0.5) is 0 Å². The molecule has 0 spiro atoms. The van der Waals surface area contributed by atoms with Crippen molar-refractivity contribution >= 4 is 0 Å². The number of aliphatic hydroxyl groups excluding tert-OH is 1. The van der Waals surface area contributed by atoms with Crippen molar-refractivity contribution < 1.29 is 5.11 Å². The second kappa shape index (κ2) is 9.16. The van der Waals surface area contributed by atoms with E-state index in [2.05, 4.69) is 58.6 Å². The van der Waals surface area contributed by atoms with Crippen LogP contribution in [0.25, 0.3) is 0 Å². The molecule has 0 radical (unpaired) electrons. The Morgan fingerprint density at radius 3 is 2.68 bits per heavy atom. The number of rotatable bonds is 5. The molecule has 5 unspecified atom stereocenters. The smallest absolute Gasteiger partial charge is 0.0583 e. The van der Waals surface area contributed by atoms with Crippen LogP contribution in [0.1, 0.15) is 85.5 Å². The van der Waals surface area contributed by atoms with Crippen molar-refractivity contribution in [1.29, 1.82) is 0 Å². The van der Waals surface area contributed by atoms with Gasteiger partial charge in [-0.1, -0.05) is 69.7 Å². The van der Waals surface area contributed by atoms with E-state index in [9.17, 15) is 5.11 Å². The Labute approximate surface area is 173 Å². The van der Waals surface area contributed by atoms with Crippen molar-refractivity contribution in [3.8, 4) is 0 Å². The number of hydrogen-bond donors (Lipinski definition) is 1. The first kappa shape index (κ1) is 21.6. The summed E-state index contributed by atoms with van der Waals surface area (Å²) in [4.78, 5) is 0. The van der Waals surface area contributed by atoms with E-state index in [-0.39, 0.29) is 6.10 Å². The third-order valence-electron chi connectivity index (χ3n) is 7.91. The molecule has 0 aromatic rings. The molecule has 156 valence electrons. The Morgan fingerprint density at radius 2 is 1.93 bits per heavy atom. The van der Waals surface area contributed by atoms with E-state index in [0.717, 1.165) is 37.0 Å². The van der Waals surface area contributed by atoms with Crippen LogP contribution < -0.4 is 0 Å². The van der Waals surface area contributed by atoms with Gasteiger partial charge in [-0.3, -0.25) is 0 Å². The van der Waals surface area contributed by atoms with Gasteiger partial charge < -0.3 is 5.11 Å². The Morgan fingerprint density at radius 1 is 1.14 bits per heavy atom. The minimum atomic E-state index is -0.180. The fraction of sp³-hybridized carbons (Fsp3) is 0.704. The predicted octanol–water partition coefficient (Wildman–Crippen LogP) is 7.40. The first-order valence-electron chi connectivity index (χ1n) is 11.7. The van der Waals surface area contributed by atoms with Gasteiger partial charge in [-0.05, 0) is 92.4 Å². The average Bonchev–Trinajstić information content (AvgIpc) is 2.99. The summed E-state index contributed by atoms with van der Waals surface area (Å²) in [5, 5.41) is 10.0. The van der Waals surface area contributed by atoms with Crippen LogP contribution in [0.2, 0.25) is 0 Å². The fourth-order valence-corrected chi connectivity index (χ4v) is 6.24. The van der Waals surface area contributed by atoms with Crippen molar-refractivity contribution in [3.63, 3.8) is 0 Å². The van der Waals surface area contributed by atoms with E-state index in [1.807, 2.05) is 0 Å². The predicted molar refractivity (Wildman–Crippen MR) is 121 cm³/mol. The van der Waals surface area contributed by atoms with E-state index in [1.54, 1.807) is 5.57 Å². The van der Waals surface area contributed by atoms with Gasteiger partial charge in [-0.15, -0.1) is 0 Å². The lowest BCUT2D eigenvalue weighted by Crippen LogP contribution is -2.35. The van der Waals surface area contributed by atoms with Gasteiger partial charge in [0.15, 0.2) is 0 Å². The van der Waals surface area contributed by atoms with E-state index >= 15 is 0 Å². The molecule has 1 N–H and O–H groups in total. The standard InChI is InChI=1S/C27H42O/c1-19(2)8-6-9-21(4)25-15-16-26-22(10-7-17-27(25,26)5)12-13-23-18-24(28)14-11-20(23)3/h6,9,12-13,19,21,24-26,28H,3,7-8,10-11,14-18H2,1-2,4-5H3. The molecule has 0 amide bonds. The highest BCUT2D eigenvalue weighted by Crippen LogP contribution is 2.59. The molecule has 3 rings (SSSR count). The van der Waals surface area contributed by atoms with Gasteiger partial charge in [0.05, 0.1) is 6.10 Å². The van der Waals surface area contributed by atoms with Crippen LogP contribution in [0.3, 0.4) is 0 Å². The number of hydrogen-bond acceptors (Lipinski definition) is 1. The molecule has 1 nitrogen and oxygen atoms in total. The summed E-state index contributed by atoms with van der Waals surface area (Å²) < 4.78 is 0. The van der Waals surface area contributed by atoms with Crippen molar-refractivity contribution in [2.45, 2.75) is 91.6 Å². The monoisotopic (exact) mass is 382 g/mol. The lowest BCUT2D eigenvalue weighted by molar-refractivity contribution is 0.112. The summed E-state index contributed by atoms with van der Waals surface area (Å²) in [6.45, 7) is 13.9. The molecule has 3 fully saturated rings. The van der Waals surface area contributed by atoms with Crippen molar-refractivity contribution in [1.82, 2.24) is 0 Å². The van der Waals surface area contributed by atoms with Gasteiger partial charge in [0.25, 0.3) is 0 Å². The number of aliphatic hydroxyl groups is 1. The first-order chi connectivity index (χ1) is 13.3. The fourth-order valence-electron chi connectivity index (χ4n) is 6.24. The first-order valence-corrected chi connectivity index (χ1v) is 11.7. The highest BCUT2D eigenvalue weighted by molar-refractivity contribution is 5.36.